The highest BCUT2D eigenvalue weighted by Gasteiger charge is 2.41. The second kappa shape index (κ2) is 7.84. The maximum absolute atomic E-state index is 15.3. The lowest BCUT2D eigenvalue weighted by Crippen LogP contribution is -2.53. The number of carbonyl (C=O) groups is 1. The Balaban J connectivity index is 1.95. The lowest BCUT2D eigenvalue weighted by atomic mass is 10.1. The van der Waals surface area contributed by atoms with Crippen LogP contribution in [0.4, 0.5) is 14.5 Å². The summed E-state index contributed by atoms with van der Waals surface area (Å²) >= 11 is 0. The molecule has 1 aromatic carbocycles. The predicted molar refractivity (Wildman–Crippen MR) is 106 cm³/mol. The minimum Gasteiger partial charge on any atom is -0.492 e. The number of ether oxygens (including phenoxy) is 2. The SMILES string of the molecule is COCC1CN(c2c(F)cc3c(=O)c(C(=O)O)cn([C@@H]4C[C@@H]4F)c3c2OC)CCN1. The molecule has 10 heteroatoms. The zero-order chi connectivity index (χ0) is 21.6. The van der Waals surface area contributed by atoms with Crippen molar-refractivity contribution in [1.29, 1.82) is 0 Å². The van der Waals surface area contributed by atoms with Crippen LogP contribution in [-0.4, -0.2) is 68.3 Å². The number of halogens is 2. The second-order valence-electron chi connectivity index (χ2n) is 7.59. The highest BCUT2D eigenvalue weighted by Crippen LogP contribution is 2.45. The molecule has 0 spiro atoms. The first-order valence-electron chi connectivity index (χ1n) is 9.67. The van der Waals surface area contributed by atoms with Crippen LogP contribution in [0.1, 0.15) is 22.8 Å². The summed E-state index contributed by atoms with van der Waals surface area (Å²) in [5, 5.41) is 12.5. The van der Waals surface area contributed by atoms with Crippen LogP contribution in [0.5, 0.6) is 5.75 Å². The van der Waals surface area contributed by atoms with Crippen LogP contribution in [0.3, 0.4) is 0 Å². The number of anilines is 1. The standard InChI is InChI=1S/C20H23F2N3O5/c1-29-9-10-7-24(4-3-23-10)17-14(22)5-11-16(19(17)30-2)25(15-6-13(15)21)8-12(18(11)26)20(27)28/h5,8,10,13,15,23H,3-4,6-7,9H2,1-2H3,(H,27,28)/t10?,13-,15+/m0/s1. The van der Waals surface area contributed by atoms with Crippen LogP contribution >= 0.6 is 0 Å². The minimum atomic E-state index is -1.44. The molecular weight excluding hydrogens is 400 g/mol. The number of alkyl halides is 1. The third-order valence-corrected chi connectivity index (χ3v) is 5.61. The molecule has 2 aromatic rings. The van der Waals surface area contributed by atoms with Gasteiger partial charge in [0.15, 0.2) is 11.6 Å². The van der Waals surface area contributed by atoms with E-state index in [1.165, 1.54) is 11.7 Å². The lowest BCUT2D eigenvalue weighted by molar-refractivity contribution is 0.0694. The topological polar surface area (TPSA) is 93.0 Å². The number of fused-ring (bicyclic) bond motifs is 1. The number of hydrogen-bond donors (Lipinski definition) is 2. The van der Waals surface area contributed by atoms with Gasteiger partial charge in [-0.1, -0.05) is 0 Å². The molecule has 0 amide bonds. The summed E-state index contributed by atoms with van der Waals surface area (Å²) in [7, 11) is 2.94. The molecule has 8 nitrogen and oxygen atoms in total. The highest BCUT2D eigenvalue weighted by molar-refractivity contribution is 5.97. The van der Waals surface area contributed by atoms with E-state index in [0.717, 1.165) is 12.3 Å². The Morgan fingerprint density at radius 3 is 2.73 bits per heavy atom. The van der Waals surface area contributed by atoms with Gasteiger partial charge in [0.1, 0.15) is 17.4 Å². The molecule has 2 heterocycles. The van der Waals surface area contributed by atoms with Crippen LogP contribution in [-0.2, 0) is 4.74 Å². The zero-order valence-electron chi connectivity index (χ0n) is 16.7. The van der Waals surface area contributed by atoms with Gasteiger partial charge in [-0.3, -0.25) is 4.79 Å². The summed E-state index contributed by atoms with van der Waals surface area (Å²) in [4.78, 5) is 26.1. The van der Waals surface area contributed by atoms with E-state index in [2.05, 4.69) is 5.32 Å². The Hall–Kier alpha value is -2.72. The zero-order valence-corrected chi connectivity index (χ0v) is 16.7. The van der Waals surface area contributed by atoms with Crippen molar-refractivity contribution in [2.24, 2.45) is 0 Å². The number of benzene rings is 1. The number of piperazine rings is 1. The monoisotopic (exact) mass is 423 g/mol. The normalized spacial score (nSPS) is 23.6. The number of nitrogens with one attached hydrogen (secondary N) is 1. The van der Waals surface area contributed by atoms with Gasteiger partial charge in [-0.25, -0.2) is 13.6 Å². The second-order valence-corrected chi connectivity index (χ2v) is 7.59. The molecule has 1 aromatic heterocycles. The molecule has 30 heavy (non-hydrogen) atoms. The molecule has 1 unspecified atom stereocenters. The lowest BCUT2D eigenvalue weighted by Gasteiger charge is -2.36. The summed E-state index contributed by atoms with van der Waals surface area (Å²) in [6.45, 7) is 1.96. The van der Waals surface area contributed by atoms with Crippen molar-refractivity contribution in [3.8, 4) is 5.75 Å². The van der Waals surface area contributed by atoms with E-state index in [1.807, 2.05) is 0 Å². The van der Waals surface area contributed by atoms with Crippen molar-refractivity contribution in [1.82, 2.24) is 9.88 Å². The van der Waals surface area contributed by atoms with Gasteiger partial charge in [0.25, 0.3) is 0 Å². The van der Waals surface area contributed by atoms with E-state index in [9.17, 15) is 19.1 Å². The summed E-state index contributed by atoms with van der Waals surface area (Å²) in [6.07, 6.45) is 0.157. The smallest absolute Gasteiger partial charge is 0.341 e. The molecule has 1 saturated heterocycles. The van der Waals surface area contributed by atoms with Crippen LogP contribution in [0.25, 0.3) is 10.9 Å². The van der Waals surface area contributed by atoms with Crippen molar-refractivity contribution in [3.63, 3.8) is 0 Å². The Morgan fingerprint density at radius 2 is 2.13 bits per heavy atom. The first kappa shape index (κ1) is 20.5. The fourth-order valence-electron chi connectivity index (χ4n) is 4.13. The third-order valence-electron chi connectivity index (χ3n) is 5.61. The minimum absolute atomic E-state index is 0.0289. The Kier molecular flexibility index (Phi) is 5.37. The molecule has 4 rings (SSSR count). The maximum atomic E-state index is 15.3. The molecule has 1 aliphatic heterocycles. The van der Waals surface area contributed by atoms with E-state index in [-0.39, 0.29) is 34.8 Å². The molecule has 0 bridgehead atoms. The molecular formula is C20H23F2N3O5. The van der Waals surface area contributed by atoms with Crippen molar-refractivity contribution < 1.29 is 28.2 Å². The van der Waals surface area contributed by atoms with Gasteiger partial charge in [-0.2, -0.15) is 0 Å². The number of methoxy groups -OCH3 is 2. The van der Waals surface area contributed by atoms with Gasteiger partial charge in [-0.05, 0) is 6.07 Å². The Bertz CT molecular complexity index is 1060. The van der Waals surface area contributed by atoms with Gasteiger partial charge in [0.05, 0.1) is 30.7 Å². The summed E-state index contributed by atoms with van der Waals surface area (Å²) in [6, 6.07) is 0.378. The highest BCUT2D eigenvalue weighted by atomic mass is 19.1. The van der Waals surface area contributed by atoms with E-state index < -0.39 is 35.0 Å². The van der Waals surface area contributed by atoms with Gasteiger partial charge in [0, 0.05) is 45.4 Å². The molecule has 2 fully saturated rings. The Labute approximate surface area is 171 Å². The number of pyridine rings is 1. The molecule has 1 aliphatic carbocycles. The molecule has 2 N–H and O–H groups in total. The maximum Gasteiger partial charge on any atom is 0.341 e. The van der Waals surface area contributed by atoms with Crippen LogP contribution in [0, 0.1) is 5.82 Å². The van der Waals surface area contributed by atoms with Gasteiger partial charge >= 0.3 is 5.97 Å². The van der Waals surface area contributed by atoms with Crippen molar-refractivity contribution in [2.45, 2.75) is 24.7 Å². The predicted octanol–water partition coefficient (Wildman–Crippen LogP) is 1.55. The van der Waals surface area contributed by atoms with E-state index in [0.29, 0.717) is 26.2 Å². The molecule has 162 valence electrons. The number of carboxylic acid groups (broad SMARTS) is 1. The van der Waals surface area contributed by atoms with Gasteiger partial charge in [-0.15, -0.1) is 0 Å². The number of carboxylic acids is 1. The van der Waals surface area contributed by atoms with Gasteiger partial charge < -0.3 is 29.4 Å². The summed E-state index contributed by atoms with van der Waals surface area (Å²) in [5.41, 5.74) is -0.986. The van der Waals surface area contributed by atoms with Crippen molar-refractivity contribution in [3.05, 3.63) is 33.9 Å². The fourth-order valence-corrected chi connectivity index (χ4v) is 4.13. The van der Waals surface area contributed by atoms with Crippen molar-refractivity contribution in [2.75, 3.05) is 45.4 Å². The fraction of sp³-hybridized carbons (Fsp3) is 0.500. The van der Waals surface area contributed by atoms with Crippen LogP contribution < -0.4 is 20.4 Å². The summed E-state index contributed by atoms with van der Waals surface area (Å²) in [5.74, 6) is -2.05. The van der Waals surface area contributed by atoms with Crippen molar-refractivity contribution >= 4 is 22.6 Å². The average molecular weight is 423 g/mol. The largest absolute Gasteiger partial charge is 0.492 e. The molecule has 0 radical (unpaired) electrons. The van der Waals surface area contributed by atoms with Crippen LogP contribution in [0.15, 0.2) is 17.1 Å². The molecule has 1 saturated carbocycles. The number of nitrogens with zero attached hydrogens (tertiary/aromatic N) is 2. The molecule has 3 atom stereocenters. The summed E-state index contributed by atoms with van der Waals surface area (Å²) < 4.78 is 41.3. The number of aromatic carboxylic acids is 1. The van der Waals surface area contributed by atoms with E-state index in [4.69, 9.17) is 9.47 Å². The van der Waals surface area contributed by atoms with Gasteiger partial charge in [0.2, 0.25) is 5.43 Å². The van der Waals surface area contributed by atoms with E-state index in [1.54, 1.807) is 12.0 Å². The number of hydrogen-bond acceptors (Lipinski definition) is 6. The number of rotatable bonds is 6. The Morgan fingerprint density at radius 1 is 1.40 bits per heavy atom. The molecule has 2 aliphatic rings. The van der Waals surface area contributed by atoms with E-state index >= 15 is 4.39 Å². The first-order valence-corrected chi connectivity index (χ1v) is 9.67. The quantitative estimate of drug-likeness (QED) is 0.728. The first-order chi connectivity index (χ1) is 14.4. The third kappa shape index (κ3) is 3.39. The number of aromatic nitrogens is 1. The van der Waals surface area contributed by atoms with Crippen LogP contribution in [0.2, 0.25) is 0 Å². The average Bonchev–Trinajstić information content (AvgIpc) is 3.44.